The highest BCUT2D eigenvalue weighted by atomic mass is 16.5. The average Bonchev–Trinajstić information content (AvgIpc) is 2.85. The largest absolute Gasteiger partial charge is 0.466 e. The Morgan fingerprint density at radius 3 is 2.72 bits per heavy atom. The Morgan fingerprint density at radius 1 is 1.39 bits per heavy atom. The molecule has 2 aliphatic carbocycles. The van der Waals surface area contributed by atoms with Gasteiger partial charge < -0.3 is 9.84 Å². The molecule has 1 saturated carbocycles. The topological polar surface area (TPSA) is 46.5 Å². The Balaban J connectivity index is 1.60. The fourth-order valence-corrected chi connectivity index (χ4v) is 3.09. The zero-order chi connectivity index (χ0) is 13.2. The number of carbonyl (C=O) groups is 1. The molecule has 102 valence electrons. The zero-order valence-corrected chi connectivity index (χ0v) is 11.4. The van der Waals surface area contributed by atoms with Gasteiger partial charge in [0.15, 0.2) is 0 Å². The van der Waals surface area contributed by atoms with Gasteiger partial charge >= 0.3 is 5.97 Å². The number of ether oxygens (including phenoxy) is 1. The molecule has 3 atom stereocenters. The Morgan fingerprint density at radius 2 is 2.17 bits per heavy atom. The Labute approximate surface area is 109 Å². The highest BCUT2D eigenvalue weighted by Crippen LogP contribution is 2.44. The maximum Gasteiger partial charge on any atom is 0.306 e. The van der Waals surface area contributed by atoms with Crippen LogP contribution in [0.5, 0.6) is 0 Å². The van der Waals surface area contributed by atoms with Gasteiger partial charge in [-0.25, -0.2) is 0 Å². The lowest BCUT2D eigenvalue weighted by Gasteiger charge is -2.18. The molecule has 1 N–H and O–H groups in total. The van der Waals surface area contributed by atoms with Gasteiger partial charge in [-0.1, -0.05) is 12.2 Å². The number of hydrogen-bond acceptors (Lipinski definition) is 3. The molecule has 2 aliphatic rings. The van der Waals surface area contributed by atoms with Gasteiger partial charge in [-0.3, -0.25) is 4.79 Å². The second kappa shape index (κ2) is 5.43. The van der Waals surface area contributed by atoms with Gasteiger partial charge in [-0.15, -0.1) is 0 Å². The molecule has 3 heteroatoms. The molecule has 0 aliphatic heterocycles. The monoisotopic (exact) mass is 252 g/mol. The minimum absolute atomic E-state index is 0.0725. The van der Waals surface area contributed by atoms with Gasteiger partial charge in [0.1, 0.15) is 0 Å². The lowest BCUT2D eigenvalue weighted by atomic mass is 9.91. The van der Waals surface area contributed by atoms with E-state index in [1.54, 1.807) is 13.8 Å². The third-order valence-corrected chi connectivity index (χ3v) is 4.04. The van der Waals surface area contributed by atoms with Gasteiger partial charge in [0.2, 0.25) is 0 Å². The van der Waals surface area contributed by atoms with Crippen molar-refractivity contribution in [1.82, 2.24) is 0 Å². The summed E-state index contributed by atoms with van der Waals surface area (Å²) < 4.78 is 5.23. The molecule has 1 fully saturated rings. The van der Waals surface area contributed by atoms with Crippen molar-refractivity contribution in [2.45, 2.75) is 51.6 Å². The Bertz CT molecular complexity index is 327. The lowest BCUT2D eigenvalue weighted by molar-refractivity contribution is -0.145. The van der Waals surface area contributed by atoms with E-state index in [1.807, 2.05) is 0 Å². The summed E-state index contributed by atoms with van der Waals surface area (Å²) >= 11 is 0. The summed E-state index contributed by atoms with van der Waals surface area (Å²) in [5, 5.41) is 9.54. The van der Waals surface area contributed by atoms with E-state index in [4.69, 9.17) is 4.74 Å². The second-order valence-electron chi connectivity index (χ2n) is 6.38. The van der Waals surface area contributed by atoms with Crippen LogP contribution in [-0.4, -0.2) is 23.3 Å². The Hall–Kier alpha value is -0.830. The quantitative estimate of drug-likeness (QED) is 0.449. The van der Waals surface area contributed by atoms with Crippen LogP contribution in [0.15, 0.2) is 12.2 Å². The Kier molecular flexibility index (Phi) is 4.10. The van der Waals surface area contributed by atoms with Crippen LogP contribution in [-0.2, 0) is 9.53 Å². The van der Waals surface area contributed by atoms with Crippen molar-refractivity contribution < 1.29 is 14.6 Å². The van der Waals surface area contributed by atoms with E-state index in [0.717, 1.165) is 12.8 Å². The van der Waals surface area contributed by atoms with Crippen molar-refractivity contribution in [2.75, 3.05) is 6.61 Å². The maximum absolute atomic E-state index is 11.7. The summed E-state index contributed by atoms with van der Waals surface area (Å²) in [7, 11) is 0. The predicted molar refractivity (Wildman–Crippen MR) is 70.0 cm³/mol. The van der Waals surface area contributed by atoms with Crippen molar-refractivity contribution in [1.29, 1.82) is 0 Å². The third kappa shape index (κ3) is 3.84. The van der Waals surface area contributed by atoms with Crippen LogP contribution in [0.25, 0.3) is 0 Å². The SMILES string of the molecule is CC(C)(O)CCCOC(=O)CC1CC2C=CC1C2. The second-order valence-corrected chi connectivity index (χ2v) is 6.38. The summed E-state index contributed by atoms with van der Waals surface area (Å²) in [6.45, 7) is 3.98. The number of fused-ring (bicyclic) bond motifs is 2. The predicted octanol–water partition coefficient (Wildman–Crippen LogP) is 2.68. The van der Waals surface area contributed by atoms with Crippen molar-refractivity contribution in [2.24, 2.45) is 17.8 Å². The van der Waals surface area contributed by atoms with E-state index in [1.165, 1.54) is 6.42 Å². The molecule has 0 aromatic heterocycles. The van der Waals surface area contributed by atoms with Gasteiger partial charge in [0.25, 0.3) is 0 Å². The van der Waals surface area contributed by atoms with Crippen LogP contribution in [0.4, 0.5) is 0 Å². The normalized spacial score (nSPS) is 29.8. The summed E-state index contributed by atoms with van der Waals surface area (Å²) in [5.74, 6) is 1.75. The number of carbonyl (C=O) groups excluding carboxylic acids is 1. The number of hydrogen-bond donors (Lipinski definition) is 1. The number of aliphatic hydroxyl groups is 1. The first-order valence-corrected chi connectivity index (χ1v) is 7.00. The number of allylic oxidation sites excluding steroid dienone is 2. The molecule has 18 heavy (non-hydrogen) atoms. The molecular formula is C15H24O3. The fourth-order valence-electron chi connectivity index (χ4n) is 3.09. The minimum Gasteiger partial charge on any atom is -0.466 e. The van der Waals surface area contributed by atoms with Crippen molar-refractivity contribution in [3.05, 3.63) is 12.2 Å². The van der Waals surface area contributed by atoms with Gasteiger partial charge in [-0.05, 0) is 57.3 Å². The van der Waals surface area contributed by atoms with Crippen LogP contribution in [0, 0.1) is 17.8 Å². The third-order valence-electron chi connectivity index (χ3n) is 4.04. The summed E-state index contributed by atoms with van der Waals surface area (Å²) in [6.07, 6.45) is 8.89. The molecule has 2 rings (SSSR count). The van der Waals surface area contributed by atoms with E-state index in [0.29, 0.717) is 37.2 Å². The molecule has 3 unspecified atom stereocenters. The fraction of sp³-hybridized carbons (Fsp3) is 0.800. The smallest absolute Gasteiger partial charge is 0.306 e. The van der Waals surface area contributed by atoms with Gasteiger partial charge in [-0.2, -0.15) is 0 Å². The van der Waals surface area contributed by atoms with E-state index in [2.05, 4.69) is 12.2 Å². The number of esters is 1. The van der Waals surface area contributed by atoms with Crippen LogP contribution in [0.3, 0.4) is 0 Å². The van der Waals surface area contributed by atoms with Crippen LogP contribution < -0.4 is 0 Å². The minimum atomic E-state index is -0.665. The molecule has 0 heterocycles. The van der Waals surface area contributed by atoms with Crippen LogP contribution in [0.1, 0.15) is 46.0 Å². The highest BCUT2D eigenvalue weighted by molar-refractivity contribution is 5.69. The van der Waals surface area contributed by atoms with Gasteiger partial charge in [0.05, 0.1) is 12.2 Å². The van der Waals surface area contributed by atoms with E-state index >= 15 is 0 Å². The first kappa shape index (κ1) is 13.6. The lowest BCUT2D eigenvalue weighted by Crippen LogP contribution is -2.20. The standard InChI is InChI=1S/C15H24O3/c1-15(2,17)6-3-7-18-14(16)10-13-9-11-4-5-12(13)8-11/h4-5,11-13,17H,3,6-10H2,1-2H3. The molecule has 0 saturated heterocycles. The number of rotatable bonds is 6. The van der Waals surface area contributed by atoms with E-state index in [9.17, 15) is 9.90 Å². The molecule has 0 aromatic carbocycles. The van der Waals surface area contributed by atoms with E-state index in [-0.39, 0.29) is 5.97 Å². The van der Waals surface area contributed by atoms with Gasteiger partial charge in [0, 0.05) is 6.42 Å². The van der Waals surface area contributed by atoms with Crippen LogP contribution >= 0.6 is 0 Å². The summed E-state index contributed by atoms with van der Waals surface area (Å²) in [5.41, 5.74) is -0.665. The molecular weight excluding hydrogens is 228 g/mol. The highest BCUT2D eigenvalue weighted by Gasteiger charge is 2.36. The first-order chi connectivity index (χ1) is 8.44. The molecule has 0 spiro atoms. The average molecular weight is 252 g/mol. The molecule has 0 aromatic rings. The van der Waals surface area contributed by atoms with Crippen molar-refractivity contribution in [3.63, 3.8) is 0 Å². The molecule has 0 amide bonds. The van der Waals surface area contributed by atoms with E-state index < -0.39 is 5.60 Å². The van der Waals surface area contributed by atoms with Crippen LogP contribution in [0.2, 0.25) is 0 Å². The van der Waals surface area contributed by atoms with Crippen molar-refractivity contribution >= 4 is 5.97 Å². The zero-order valence-electron chi connectivity index (χ0n) is 11.4. The maximum atomic E-state index is 11.7. The molecule has 2 bridgehead atoms. The molecule has 3 nitrogen and oxygen atoms in total. The first-order valence-electron chi connectivity index (χ1n) is 7.00. The summed E-state index contributed by atoms with van der Waals surface area (Å²) in [4.78, 5) is 11.7. The summed E-state index contributed by atoms with van der Waals surface area (Å²) in [6, 6.07) is 0. The molecule has 0 radical (unpaired) electrons. The van der Waals surface area contributed by atoms with Crippen molar-refractivity contribution in [3.8, 4) is 0 Å².